The van der Waals surface area contributed by atoms with E-state index in [1.165, 1.54) is 0 Å². The lowest BCUT2D eigenvalue weighted by Crippen LogP contribution is -2.40. The van der Waals surface area contributed by atoms with Crippen molar-refractivity contribution in [2.24, 2.45) is 17.4 Å². The van der Waals surface area contributed by atoms with Crippen LogP contribution in [-0.4, -0.2) is 24.8 Å². The van der Waals surface area contributed by atoms with Crippen molar-refractivity contribution in [1.29, 1.82) is 0 Å². The third-order valence-corrected chi connectivity index (χ3v) is 2.57. The Balaban J connectivity index is 0.00000121. The predicted octanol–water partition coefficient (Wildman–Crippen LogP) is 0.332. The Morgan fingerprint density at radius 2 is 2.36 bits per heavy atom. The summed E-state index contributed by atoms with van der Waals surface area (Å²) < 4.78 is 5.48. The van der Waals surface area contributed by atoms with Gasteiger partial charge in [0.25, 0.3) is 0 Å². The topological polar surface area (TPSA) is 61.3 Å². The monoisotopic (exact) mass is 160 g/mol. The zero-order valence-electron chi connectivity index (χ0n) is 7.29. The lowest BCUT2D eigenvalue weighted by molar-refractivity contribution is 0.0714. The molecule has 0 aromatic heterocycles. The van der Waals surface area contributed by atoms with Crippen molar-refractivity contribution < 1.29 is 6.16 Å². The van der Waals surface area contributed by atoms with Crippen LogP contribution >= 0.6 is 0 Å². The Morgan fingerprint density at radius 3 is 2.73 bits per heavy atom. The van der Waals surface area contributed by atoms with Gasteiger partial charge in [-0.1, -0.05) is 13.8 Å². The second-order valence-corrected chi connectivity index (χ2v) is 3.39. The average molecular weight is 160 g/mol. The van der Waals surface area contributed by atoms with E-state index in [1.807, 2.05) is 0 Å². The summed E-state index contributed by atoms with van der Waals surface area (Å²) in [6.45, 7) is 4.85. The standard InChI is InChI=1S/C8H18N2O.H2/c1-3-6(9)8-5(2)7(10)4-11-8;/h5-8H,3-4,9-10H2,1-2H3;1H/t5?,6-,7-,8-;/m0./s1. The summed E-state index contributed by atoms with van der Waals surface area (Å²) in [7, 11) is 0. The highest BCUT2D eigenvalue weighted by Gasteiger charge is 2.34. The summed E-state index contributed by atoms with van der Waals surface area (Å²) in [6, 6.07) is 0.330. The third kappa shape index (κ3) is 1.72. The molecule has 0 radical (unpaired) electrons. The molecule has 0 saturated carbocycles. The molecule has 0 amide bonds. The maximum absolute atomic E-state index is 5.85. The van der Waals surface area contributed by atoms with Crippen LogP contribution in [0.1, 0.15) is 21.7 Å². The summed E-state index contributed by atoms with van der Waals surface area (Å²) in [4.78, 5) is 0. The van der Waals surface area contributed by atoms with Crippen LogP contribution in [-0.2, 0) is 4.74 Å². The first kappa shape index (κ1) is 8.97. The first-order chi connectivity index (χ1) is 5.16. The van der Waals surface area contributed by atoms with Gasteiger partial charge in [-0.05, 0) is 6.42 Å². The van der Waals surface area contributed by atoms with E-state index in [0.717, 1.165) is 6.42 Å². The van der Waals surface area contributed by atoms with E-state index in [9.17, 15) is 0 Å². The lowest BCUT2D eigenvalue weighted by atomic mass is 9.94. The minimum absolute atomic E-state index is 0. The van der Waals surface area contributed by atoms with Gasteiger partial charge < -0.3 is 16.2 Å². The highest BCUT2D eigenvalue weighted by atomic mass is 16.5. The van der Waals surface area contributed by atoms with E-state index in [0.29, 0.717) is 12.5 Å². The second-order valence-electron chi connectivity index (χ2n) is 3.39. The third-order valence-electron chi connectivity index (χ3n) is 2.57. The van der Waals surface area contributed by atoms with Crippen LogP contribution in [0, 0.1) is 5.92 Å². The number of ether oxygens (including phenoxy) is 1. The molecule has 3 nitrogen and oxygen atoms in total. The molecule has 1 saturated heterocycles. The molecule has 0 spiro atoms. The summed E-state index contributed by atoms with van der Waals surface area (Å²) >= 11 is 0. The molecule has 1 fully saturated rings. The Bertz CT molecular complexity index is 134. The van der Waals surface area contributed by atoms with Crippen molar-refractivity contribution in [2.75, 3.05) is 6.61 Å². The van der Waals surface area contributed by atoms with Crippen molar-refractivity contribution >= 4 is 0 Å². The van der Waals surface area contributed by atoms with Crippen molar-refractivity contribution in [3.05, 3.63) is 0 Å². The molecule has 1 rings (SSSR count). The van der Waals surface area contributed by atoms with Gasteiger partial charge in [-0.2, -0.15) is 0 Å². The van der Waals surface area contributed by atoms with Crippen molar-refractivity contribution in [3.63, 3.8) is 0 Å². The molecule has 0 aliphatic carbocycles. The molecular formula is C8H20N2O. The van der Waals surface area contributed by atoms with Gasteiger partial charge in [-0.3, -0.25) is 0 Å². The first-order valence-corrected chi connectivity index (χ1v) is 4.29. The second kappa shape index (κ2) is 3.52. The quantitative estimate of drug-likeness (QED) is 0.612. The zero-order valence-corrected chi connectivity index (χ0v) is 7.29. The molecule has 1 aliphatic heterocycles. The maximum Gasteiger partial charge on any atom is 0.0767 e. The van der Waals surface area contributed by atoms with Crippen LogP contribution in [0.5, 0.6) is 0 Å². The predicted molar refractivity (Wildman–Crippen MR) is 47.3 cm³/mol. The van der Waals surface area contributed by atoms with Crippen LogP contribution in [0.4, 0.5) is 0 Å². The smallest absolute Gasteiger partial charge is 0.0767 e. The molecule has 0 aromatic rings. The SMILES string of the molecule is CC[C@H](N)[C@H]1OC[C@H](N)C1C.[HH]. The molecule has 0 bridgehead atoms. The minimum Gasteiger partial charge on any atom is -0.375 e. The fourth-order valence-corrected chi connectivity index (χ4v) is 1.52. The van der Waals surface area contributed by atoms with E-state index in [-0.39, 0.29) is 19.6 Å². The number of hydrogen-bond acceptors (Lipinski definition) is 3. The molecule has 4 atom stereocenters. The van der Waals surface area contributed by atoms with Crippen LogP contribution in [0.2, 0.25) is 0 Å². The zero-order chi connectivity index (χ0) is 8.43. The van der Waals surface area contributed by atoms with Gasteiger partial charge in [0.2, 0.25) is 0 Å². The molecule has 3 heteroatoms. The number of hydrogen-bond donors (Lipinski definition) is 2. The fraction of sp³-hybridized carbons (Fsp3) is 1.00. The van der Waals surface area contributed by atoms with Gasteiger partial charge in [0.05, 0.1) is 12.7 Å². The number of rotatable bonds is 2. The maximum atomic E-state index is 5.85. The molecule has 68 valence electrons. The van der Waals surface area contributed by atoms with Crippen LogP contribution in [0.3, 0.4) is 0 Å². The molecule has 1 aliphatic rings. The summed E-state index contributed by atoms with van der Waals surface area (Å²) in [5, 5.41) is 0. The van der Waals surface area contributed by atoms with Crippen LogP contribution in [0.15, 0.2) is 0 Å². The van der Waals surface area contributed by atoms with Crippen molar-refractivity contribution in [1.82, 2.24) is 0 Å². The highest BCUT2D eigenvalue weighted by molar-refractivity contribution is 4.88. The Hall–Kier alpha value is -0.120. The van der Waals surface area contributed by atoms with Gasteiger partial charge in [0, 0.05) is 19.4 Å². The molecule has 11 heavy (non-hydrogen) atoms. The van der Waals surface area contributed by atoms with Gasteiger partial charge in [0.15, 0.2) is 0 Å². The largest absolute Gasteiger partial charge is 0.375 e. The van der Waals surface area contributed by atoms with E-state index in [2.05, 4.69) is 13.8 Å². The molecule has 1 unspecified atom stereocenters. The number of nitrogens with two attached hydrogens (primary N) is 2. The summed E-state index contributed by atoms with van der Waals surface area (Å²) in [5.41, 5.74) is 11.6. The van der Waals surface area contributed by atoms with Gasteiger partial charge >= 0.3 is 0 Å². The summed E-state index contributed by atoms with van der Waals surface area (Å²) in [5.74, 6) is 0.407. The minimum atomic E-state index is 0. The Kier molecular flexibility index (Phi) is 2.87. The Labute approximate surface area is 69.6 Å². The average Bonchev–Trinajstić information content (AvgIpc) is 2.32. The van der Waals surface area contributed by atoms with E-state index >= 15 is 0 Å². The van der Waals surface area contributed by atoms with Gasteiger partial charge in [-0.25, -0.2) is 0 Å². The molecule has 0 aromatic carbocycles. The summed E-state index contributed by atoms with van der Waals surface area (Å²) in [6.07, 6.45) is 1.14. The van der Waals surface area contributed by atoms with E-state index in [1.54, 1.807) is 0 Å². The molecular weight excluding hydrogens is 140 g/mol. The lowest BCUT2D eigenvalue weighted by Gasteiger charge is -2.21. The van der Waals surface area contributed by atoms with E-state index < -0.39 is 0 Å². The molecule has 4 N–H and O–H groups in total. The van der Waals surface area contributed by atoms with Crippen molar-refractivity contribution in [3.8, 4) is 0 Å². The molecule has 1 heterocycles. The highest BCUT2D eigenvalue weighted by Crippen LogP contribution is 2.22. The van der Waals surface area contributed by atoms with Crippen molar-refractivity contribution in [2.45, 2.75) is 38.5 Å². The first-order valence-electron chi connectivity index (χ1n) is 4.29. The Morgan fingerprint density at radius 1 is 1.73 bits per heavy atom. The normalized spacial score (nSPS) is 40.9. The van der Waals surface area contributed by atoms with Crippen LogP contribution < -0.4 is 11.5 Å². The van der Waals surface area contributed by atoms with E-state index in [4.69, 9.17) is 16.2 Å². The van der Waals surface area contributed by atoms with Gasteiger partial charge in [-0.15, -0.1) is 0 Å². The van der Waals surface area contributed by atoms with Crippen LogP contribution in [0.25, 0.3) is 0 Å². The van der Waals surface area contributed by atoms with Gasteiger partial charge in [0.1, 0.15) is 0 Å². The fourth-order valence-electron chi connectivity index (χ4n) is 1.52.